The lowest BCUT2D eigenvalue weighted by atomic mass is 10.2. The summed E-state index contributed by atoms with van der Waals surface area (Å²) in [6.07, 6.45) is 2.40. The monoisotopic (exact) mass is 260 g/mol. The summed E-state index contributed by atoms with van der Waals surface area (Å²) >= 11 is 0. The minimum atomic E-state index is -0.258. The molecule has 0 fully saturated rings. The van der Waals surface area contributed by atoms with E-state index in [4.69, 9.17) is 10.5 Å². The van der Waals surface area contributed by atoms with E-state index in [1.165, 1.54) is 12.1 Å². The molecule has 2 rings (SSSR count). The highest BCUT2D eigenvalue weighted by atomic mass is 19.1. The second-order valence-corrected chi connectivity index (χ2v) is 4.59. The molecule has 1 unspecified atom stereocenters. The Bertz CT molecular complexity index is 526. The molecule has 2 N–H and O–H groups in total. The lowest BCUT2D eigenvalue weighted by Gasteiger charge is -2.08. The maximum Gasteiger partial charge on any atom is 0.138 e. The minimum absolute atomic E-state index is 0.0894. The smallest absolute Gasteiger partial charge is 0.138 e. The lowest BCUT2D eigenvalue weighted by molar-refractivity contribution is 0.304. The topological polar surface area (TPSA) is 48.1 Å². The van der Waals surface area contributed by atoms with E-state index in [0.717, 1.165) is 17.7 Å². The Labute approximate surface area is 112 Å². The summed E-state index contributed by atoms with van der Waals surface area (Å²) in [5, 5.41) is 0. The van der Waals surface area contributed by atoms with Crippen molar-refractivity contribution in [2.45, 2.75) is 26.0 Å². The van der Waals surface area contributed by atoms with Crippen molar-refractivity contribution in [2.75, 3.05) is 0 Å². The zero-order chi connectivity index (χ0) is 13.7. The van der Waals surface area contributed by atoms with E-state index < -0.39 is 0 Å². The van der Waals surface area contributed by atoms with Crippen LogP contribution in [0.15, 0.2) is 42.6 Å². The van der Waals surface area contributed by atoms with Gasteiger partial charge in [0.25, 0.3) is 0 Å². The van der Waals surface area contributed by atoms with Crippen LogP contribution in [-0.2, 0) is 13.0 Å². The Morgan fingerprint density at radius 1 is 1.32 bits per heavy atom. The molecule has 1 aromatic heterocycles. The molecule has 19 heavy (non-hydrogen) atoms. The number of ether oxygens (including phenoxy) is 1. The second kappa shape index (κ2) is 6.29. The van der Waals surface area contributed by atoms with Gasteiger partial charge in [0.15, 0.2) is 0 Å². The normalized spacial score (nSPS) is 12.2. The van der Waals surface area contributed by atoms with Gasteiger partial charge in [-0.05, 0) is 36.8 Å². The van der Waals surface area contributed by atoms with E-state index in [1.807, 2.05) is 25.1 Å². The Morgan fingerprint density at radius 3 is 2.79 bits per heavy atom. The van der Waals surface area contributed by atoms with Gasteiger partial charge in [0.05, 0.1) is 6.20 Å². The van der Waals surface area contributed by atoms with Gasteiger partial charge in [-0.15, -0.1) is 0 Å². The fourth-order valence-corrected chi connectivity index (χ4v) is 1.74. The summed E-state index contributed by atoms with van der Waals surface area (Å²) in [5.74, 6) is 0.407. The van der Waals surface area contributed by atoms with Gasteiger partial charge in [-0.25, -0.2) is 4.39 Å². The Kier molecular flexibility index (Phi) is 4.47. The molecule has 0 aliphatic heterocycles. The van der Waals surface area contributed by atoms with Crippen LogP contribution < -0.4 is 10.5 Å². The maximum atomic E-state index is 13.0. The van der Waals surface area contributed by atoms with Crippen LogP contribution in [0.1, 0.15) is 18.2 Å². The van der Waals surface area contributed by atoms with E-state index in [2.05, 4.69) is 4.98 Å². The number of nitrogens with two attached hydrogens (primary N) is 1. The molecule has 4 heteroatoms. The van der Waals surface area contributed by atoms with Crippen molar-refractivity contribution >= 4 is 0 Å². The van der Waals surface area contributed by atoms with Crippen LogP contribution in [0.5, 0.6) is 5.75 Å². The van der Waals surface area contributed by atoms with Crippen LogP contribution in [-0.4, -0.2) is 11.0 Å². The van der Waals surface area contributed by atoms with Crippen LogP contribution in [0.3, 0.4) is 0 Å². The highest BCUT2D eigenvalue weighted by Gasteiger charge is 2.01. The maximum absolute atomic E-state index is 13.0. The summed E-state index contributed by atoms with van der Waals surface area (Å²) in [7, 11) is 0. The molecule has 1 aromatic carbocycles. The SMILES string of the molecule is CC(N)Cc1ccc(OCc2cccc(F)c2)cn1. The molecule has 1 atom stereocenters. The van der Waals surface area contributed by atoms with Crippen molar-refractivity contribution in [3.8, 4) is 5.75 Å². The molecule has 0 bridgehead atoms. The number of hydrogen-bond donors (Lipinski definition) is 1. The Morgan fingerprint density at radius 2 is 2.16 bits per heavy atom. The number of rotatable bonds is 5. The van der Waals surface area contributed by atoms with E-state index in [1.54, 1.807) is 12.3 Å². The number of aromatic nitrogens is 1. The zero-order valence-corrected chi connectivity index (χ0v) is 10.8. The molecule has 1 heterocycles. The fraction of sp³-hybridized carbons (Fsp3) is 0.267. The van der Waals surface area contributed by atoms with E-state index in [0.29, 0.717) is 12.4 Å². The van der Waals surface area contributed by atoms with Gasteiger partial charge >= 0.3 is 0 Å². The molecule has 0 amide bonds. The second-order valence-electron chi connectivity index (χ2n) is 4.59. The Hall–Kier alpha value is -1.94. The molecule has 0 saturated carbocycles. The van der Waals surface area contributed by atoms with Crippen LogP contribution in [0.25, 0.3) is 0 Å². The Balaban J connectivity index is 1.93. The zero-order valence-electron chi connectivity index (χ0n) is 10.8. The summed E-state index contributed by atoms with van der Waals surface area (Å²) in [6.45, 7) is 2.27. The van der Waals surface area contributed by atoms with Gasteiger partial charge in [0.2, 0.25) is 0 Å². The highest BCUT2D eigenvalue weighted by Crippen LogP contribution is 2.13. The molecular formula is C15H17FN2O. The van der Waals surface area contributed by atoms with Crippen LogP contribution in [0.2, 0.25) is 0 Å². The van der Waals surface area contributed by atoms with Crippen molar-refractivity contribution in [1.82, 2.24) is 4.98 Å². The van der Waals surface area contributed by atoms with Gasteiger partial charge in [-0.2, -0.15) is 0 Å². The molecular weight excluding hydrogens is 243 g/mol. The van der Waals surface area contributed by atoms with Crippen LogP contribution >= 0.6 is 0 Å². The highest BCUT2D eigenvalue weighted by molar-refractivity contribution is 5.22. The predicted octanol–water partition coefficient (Wildman–Crippen LogP) is 2.69. The van der Waals surface area contributed by atoms with Crippen molar-refractivity contribution < 1.29 is 9.13 Å². The lowest BCUT2D eigenvalue weighted by Crippen LogP contribution is -2.18. The molecule has 2 aromatic rings. The van der Waals surface area contributed by atoms with Gasteiger partial charge in [-0.1, -0.05) is 12.1 Å². The minimum Gasteiger partial charge on any atom is -0.487 e. The van der Waals surface area contributed by atoms with E-state index >= 15 is 0 Å². The molecule has 0 radical (unpaired) electrons. The van der Waals surface area contributed by atoms with Crippen molar-refractivity contribution in [1.29, 1.82) is 0 Å². The first-order valence-electron chi connectivity index (χ1n) is 6.21. The van der Waals surface area contributed by atoms with Crippen molar-refractivity contribution in [3.63, 3.8) is 0 Å². The standard InChI is InChI=1S/C15H17FN2O/c1-11(17)7-14-5-6-15(9-18-14)19-10-12-3-2-4-13(16)8-12/h2-6,8-9,11H,7,10,17H2,1H3. The largest absolute Gasteiger partial charge is 0.487 e. The summed E-state index contributed by atoms with van der Waals surface area (Å²) in [5.41, 5.74) is 7.43. The third-order valence-corrected chi connectivity index (χ3v) is 2.62. The van der Waals surface area contributed by atoms with E-state index in [9.17, 15) is 4.39 Å². The van der Waals surface area contributed by atoms with Crippen LogP contribution in [0, 0.1) is 5.82 Å². The van der Waals surface area contributed by atoms with Crippen molar-refractivity contribution in [3.05, 3.63) is 59.7 Å². The van der Waals surface area contributed by atoms with Crippen molar-refractivity contribution in [2.24, 2.45) is 5.73 Å². The molecule has 0 saturated heterocycles. The average molecular weight is 260 g/mol. The van der Waals surface area contributed by atoms with Crippen LogP contribution in [0.4, 0.5) is 4.39 Å². The molecule has 100 valence electrons. The molecule has 0 spiro atoms. The van der Waals surface area contributed by atoms with E-state index in [-0.39, 0.29) is 11.9 Å². The van der Waals surface area contributed by atoms with Gasteiger partial charge in [-0.3, -0.25) is 4.98 Å². The third kappa shape index (κ3) is 4.34. The summed E-state index contributed by atoms with van der Waals surface area (Å²) in [6, 6.07) is 10.2. The first-order valence-corrected chi connectivity index (χ1v) is 6.21. The number of pyridine rings is 1. The number of hydrogen-bond acceptors (Lipinski definition) is 3. The third-order valence-electron chi connectivity index (χ3n) is 2.62. The molecule has 0 aliphatic carbocycles. The fourth-order valence-electron chi connectivity index (χ4n) is 1.74. The first-order chi connectivity index (χ1) is 9.13. The number of benzene rings is 1. The van der Waals surface area contributed by atoms with Gasteiger partial charge < -0.3 is 10.5 Å². The predicted molar refractivity (Wildman–Crippen MR) is 72.3 cm³/mol. The number of nitrogens with zero attached hydrogens (tertiary/aromatic N) is 1. The van der Waals surface area contributed by atoms with Gasteiger partial charge in [0, 0.05) is 18.2 Å². The first kappa shape index (κ1) is 13.5. The average Bonchev–Trinajstić information content (AvgIpc) is 2.37. The van der Waals surface area contributed by atoms with Gasteiger partial charge in [0.1, 0.15) is 18.2 Å². The number of halogens is 1. The quantitative estimate of drug-likeness (QED) is 0.899. The molecule has 0 aliphatic rings. The molecule has 3 nitrogen and oxygen atoms in total. The summed E-state index contributed by atoms with van der Waals surface area (Å²) < 4.78 is 18.5. The summed E-state index contributed by atoms with van der Waals surface area (Å²) in [4.78, 5) is 4.27.